The Morgan fingerprint density at radius 1 is 1.24 bits per heavy atom. The average molecular weight is 245 g/mol. The van der Waals surface area contributed by atoms with Crippen LogP contribution in [0.15, 0.2) is 36.4 Å². The van der Waals surface area contributed by atoms with Gasteiger partial charge >= 0.3 is 0 Å². The molecule has 0 saturated carbocycles. The molecule has 17 heavy (non-hydrogen) atoms. The summed E-state index contributed by atoms with van der Waals surface area (Å²) >= 11 is 6.34. The highest BCUT2D eigenvalue weighted by Gasteiger charge is 2.08. The maximum Gasteiger partial charge on any atom is 0.139 e. The Morgan fingerprint density at radius 2 is 2.06 bits per heavy atom. The summed E-state index contributed by atoms with van der Waals surface area (Å²) in [6, 6.07) is 12.2. The Balaban J connectivity index is 2.36. The summed E-state index contributed by atoms with van der Waals surface area (Å²) in [6.07, 6.45) is 2.16. The van der Waals surface area contributed by atoms with Crippen LogP contribution in [-0.4, -0.2) is 9.38 Å². The predicted octanol–water partition coefficient (Wildman–Crippen LogP) is 4.09. The number of benzene rings is 1. The lowest BCUT2D eigenvalue weighted by Gasteiger charge is -2.03. The fourth-order valence-corrected chi connectivity index (χ4v) is 2.54. The minimum atomic E-state index is 0.736. The summed E-state index contributed by atoms with van der Waals surface area (Å²) in [6.45, 7) is 2.17. The highest BCUT2D eigenvalue weighted by atomic mass is 35.5. The van der Waals surface area contributed by atoms with Crippen LogP contribution in [0.4, 0.5) is 0 Å². The summed E-state index contributed by atoms with van der Waals surface area (Å²) < 4.78 is 2.00. The molecule has 0 bridgehead atoms. The Bertz CT molecular complexity index is 685. The number of halogens is 1. The van der Waals surface area contributed by atoms with Crippen LogP contribution in [-0.2, 0) is 6.42 Å². The van der Waals surface area contributed by atoms with Crippen molar-refractivity contribution in [3.63, 3.8) is 0 Å². The maximum absolute atomic E-state index is 6.34. The van der Waals surface area contributed by atoms with E-state index in [9.17, 15) is 0 Å². The van der Waals surface area contributed by atoms with Crippen molar-refractivity contribution < 1.29 is 0 Å². The van der Waals surface area contributed by atoms with Gasteiger partial charge in [0.05, 0.1) is 11.0 Å². The number of nitrogens with zero attached hydrogens (tertiary/aromatic N) is 2. The molecule has 0 fully saturated rings. The average Bonchev–Trinajstić information content (AvgIpc) is 2.67. The van der Waals surface area contributed by atoms with Crippen molar-refractivity contribution in [1.82, 2.24) is 9.38 Å². The van der Waals surface area contributed by atoms with E-state index in [0.717, 1.165) is 34.7 Å². The molecule has 0 saturated heterocycles. The minimum Gasteiger partial charge on any atom is -0.283 e. The molecule has 0 aliphatic carbocycles. The summed E-state index contributed by atoms with van der Waals surface area (Å²) in [4.78, 5) is 4.60. The van der Waals surface area contributed by atoms with Gasteiger partial charge < -0.3 is 0 Å². The molecule has 0 N–H and O–H groups in total. The van der Waals surface area contributed by atoms with Gasteiger partial charge in [0, 0.05) is 0 Å². The predicted molar refractivity (Wildman–Crippen MR) is 71.7 cm³/mol. The van der Waals surface area contributed by atoms with Crippen molar-refractivity contribution in [3.8, 4) is 0 Å². The molecule has 0 aliphatic heterocycles. The molecule has 2 nitrogen and oxygen atoms in total. The van der Waals surface area contributed by atoms with Gasteiger partial charge in [0.25, 0.3) is 0 Å². The van der Waals surface area contributed by atoms with Crippen LogP contribution in [0.3, 0.4) is 0 Å². The Labute approximate surface area is 105 Å². The molecule has 0 amide bonds. The summed E-state index contributed by atoms with van der Waals surface area (Å²) in [5.41, 5.74) is 4.24. The van der Waals surface area contributed by atoms with E-state index in [1.807, 2.05) is 34.7 Å². The highest BCUT2D eigenvalue weighted by molar-refractivity contribution is 6.30. The number of rotatable bonds is 2. The lowest BCUT2D eigenvalue weighted by atomic mass is 10.1. The molecule has 3 heteroatoms. The molecule has 2 heterocycles. The van der Waals surface area contributed by atoms with E-state index in [-0.39, 0.29) is 0 Å². The van der Waals surface area contributed by atoms with Gasteiger partial charge in [-0.1, -0.05) is 37.1 Å². The van der Waals surface area contributed by atoms with Gasteiger partial charge in [0.2, 0.25) is 0 Å². The van der Waals surface area contributed by atoms with Crippen molar-refractivity contribution in [1.29, 1.82) is 0 Å². The molecule has 0 unspecified atom stereocenters. The second kappa shape index (κ2) is 4.04. The monoisotopic (exact) mass is 244 g/mol. The molecule has 3 aromatic rings. The van der Waals surface area contributed by atoms with Crippen LogP contribution in [0, 0.1) is 0 Å². The molecule has 0 aliphatic rings. The van der Waals surface area contributed by atoms with Gasteiger partial charge in [-0.25, -0.2) is 4.98 Å². The summed E-state index contributed by atoms with van der Waals surface area (Å²) in [5.74, 6) is 0. The van der Waals surface area contributed by atoms with Crippen LogP contribution in [0.25, 0.3) is 16.7 Å². The highest BCUT2D eigenvalue weighted by Crippen LogP contribution is 2.23. The van der Waals surface area contributed by atoms with Crippen molar-refractivity contribution >= 4 is 28.3 Å². The minimum absolute atomic E-state index is 0.736. The van der Waals surface area contributed by atoms with Gasteiger partial charge in [-0.2, -0.15) is 0 Å². The lowest BCUT2D eigenvalue weighted by molar-refractivity contribution is 0.918. The summed E-state index contributed by atoms with van der Waals surface area (Å²) in [5, 5.41) is 0.736. The first-order valence-electron chi connectivity index (χ1n) is 5.85. The van der Waals surface area contributed by atoms with Gasteiger partial charge in [-0.3, -0.25) is 4.40 Å². The van der Waals surface area contributed by atoms with Crippen LogP contribution in [0.2, 0.25) is 5.15 Å². The number of imidazole rings is 1. The zero-order valence-electron chi connectivity index (χ0n) is 9.65. The van der Waals surface area contributed by atoms with Crippen molar-refractivity contribution in [2.75, 3.05) is 0 Å². The zero-order chi connectivity index (χ0) is 11.8. The van der Waals surface area contributed by atoms with E-state index < -0.39 is 0 Å². The number of aromatic nitrogens is 2. The molecule has 86 valence electrons. The van der Waals surface area contributed by atoms with E-state index >= 15 is 0 Å². The van der Waals surface area contributed by atoms with Gasteiger partial charge in [0.1, 0.15) is 10.8 Å². The first-order valence-corrected chi connectivity index (χ1v) is 6.23. The van der Waals surface area contributed by atoms with Crippen molar-refractivity contribution in [2.24, 2.45) is 0 Å². The zero-order valence-corrected chi connectivity index (χ0v) is 10.4. The summed E-state index contributed by atoms with van der Waals surface area (Å²) in [7, 11) is 0. The van der Waals surface area contributed by atoms with Crippen molar-refractivity contribution in [3.05, 3.63) is 47.1 Å². The van der Waals surface area contributed by atoms with Gasteiger partial charge in [-0.15, -0.1) is 0 Å². The first kappa shape index (κ1) is 10.6. The van der Waals surface area contributed by atoms with E-state index in [2.05, 4.69) is 18.0 Å². The fraction of sp³-hybridized carbons (Fsp3) is 0.214. The molecule has 1 aromatic carbocycles. The quantitative estimate of drug-likeness (QED) is 0.621. The molecule has 2 aromatic heterocycles. The molecular formula is C14H13ClN2. The molecule has 0 radical (unpaired) electrons. The van der Waals surface area contributed by atoms with Crippen molar-refractivity contribution in [2.45, 2.75) is 19.8 Å². The number of pyridine rings is 1. The normalized spacial score (nSPS) is 11.4. The smallest absolute Gasteiger partial charge is 0.139 e. The van der Waals surface area contributed by atoms with E-state index in [1.165, 1.54) is 5.56 Å². The molecule has 0 spiro atoms. The third-order valence-electron chi connectivity index (χ3n) is 2.96. The second-order valence-corrected chi connectivity index (χ2v) is 4.62. The Kier molecular flexibility index (Phi) is 2.52. The van der Waals surface area contributed by atoms with Crippen LogP contribution < -0.4 is 0 Å². The number of aryl methyl sites for hydroxylation is 1. The maximum atomic E-state index is 6.34. The Hall–Kier alpha value is -1.54. The van der Waals surface area contributed by atoms with Crippen LogP contribution >= 0.6 is 11.6 Å². The Morgan fingerprint density at radius 3 is 2.88 bits per heavy atom. The SMILES string of the molecule is CCCc1cc(Cl)n2c(c1)nc1ccccc12. The third kappa shape index (κ3) is 1.69. The molecule has 0 atom stereocenters. The molecular weight excluding hydrogens is 232 g/mol. The van der Waals surface area contributed by atoms with E-state index in [0.29, 0.717) is 0 Å². The van der Waals surface area contributed by atoms with E-state index in [1.54, 1.807) is 0 Å². The van der Waals surface area contributed by atoms with Crippen LogP contribution in [0.5, 0.6) is 0 Å². The van der Waals surface area contributed by atoms with Gasteiger partial charge in [-0.05, 0) is 36.2 Å². The van der Waals surface area contributed by atoms with E-state index in [4.69, 9.17) is 11.6 Å². The number of hydrogen-bond acceptors (Lipinski definition) is 1. The molecule has 3 rings (SSSR count). The third-order valence-corrected chi connectivity index (χ3v) is 3.24. The fourth-order valence-electron chi connectivity index (χ4n) is 2.22. The second-order valence-electron chi connectivity index (χ2n) is 4.23. The topological polar surface area (TPSA) is 17.3 Å². The largest absolute Gasteiger partial charge is 0.283 e. The lowest BCUT2D eigenvalue weighted by Crippen LogP contribution is -1.91. The first-order chi connectivity index (χ1) is 8.29. The van der Waals surface area contributed by atoms with Gasteiger partial charge in [0.15, 0.2) is 0 Å². The number of para-hydroxylation sites is 2. The van der Waals surface area contributed by atoms with Crippen LogP contribution in [0.1, 0.15) is 18.9 Å². The standard InChI is InChI=1S/C14H13ClN2/c1-2-5-10-8-13(15)17-12-7-4-3-6-11(12)16-14(17)9-10/h3-4,6-9H,2,5H2,1H3. The number of hydrogen-bond donors (Lipinski definition) is 0. The number of fused-ring (bicyclic) bond motifs is 3.